The second-order valence-electron chi connectivity index (χ2n) is 7.32. The third-order valence-corrected chi connectivity index (χ3v) is 5.24. The van der Waals surface area contributed by atoms with Crippen molar-refractivity contribution in [3.8, 4) is 5.75 Å². The maximum absolute atomic E-state index is 14.0. The zero-order valence-electron chi connectivity index (χ0n) is 17.5. The second-order valence-corrected chi connectivity index (χ2v) is 7.32. The highest BCUT2D eigenvalue weighted by atomic mass is 19.1. The van der Waals surface area contributed by atoms with E-state index in [9.17, 15) is 9.18 Å². The number of hydrogen-bond acceptors (Lipinski definition) is 3. The van der Waals surface area contributed by atoms with Gasteiger partial charge >= 0.3 is 0 Å². The van der Waals surface area contributed by atoms with E-state index in [0.29, 0.717) is 6.54 Å². The molecule has 3 aromatic rings. The van der Waals surface area contributed by atoms with Crippen LogP contribution in [0.1, 0.15) is 29.7 Å². The summed E-state index contributed by atoms with van der Waals surface area (Å²) in [6.07, 6.45) is 0. The molecule has 0 radical (unpaired) electrons. The predicted molar refractivity (Wildman–Crippen MR) is 117 cm³/mol. The first-order valence-corrected chi connectivity index (χ1v) is 9.92. The largest absolute Gasteiger partial charge is 0.494 e. The molecule has 4 nitrogen and oxygen atoms in total. The molecule has 1 N–H and O–H groups in total. The first-order chi connectivity index (χ1) is 14.5. The Bertz CT molecular complexity index is 924. The van der Waals surface area contributed by atoms with E-state index in [1.165, 1.54) is 13.2 Å². The SMILES string of the molecule is COc1ccc(CN(C)C(C)C(=O)NC(c2ccccc2)c2ccccc2)cc1F. The van der Waals surface area contributed by atoms with E-state index in [1.54, 1.807) is 12.1 Å². The van der Waals surface area contributed by atoms with E-state index in [0.717, 1.165) is 16.7 Å². The fraction of sp³-hybridized carbons (Fsp3) is 0.240. The summed E-state index contributed by atoms with van der Waals surface area (Å²) < 4.78 is 19.0. The Morgan fingerprint density at radius 1 is 1.00 bits per heavy atom. The number of amides is 1. The van der Waals surface area contributed by atoms with Gasteiger partial charge in [0, 0.05) is 6.54 Å². The summed E-state index contributed by atoms with van der Waals surface area (Å²) >= 11 is 0. The number of carbonyl (C=O) groups excluding carboxylic acids is 1. The zero-order valence-corrected chi connectivity index (χ0v) is 17.5. The molecule has 1 atom stereocenters. The smallest absolute Gasteiger partial charge is 0.237 e. The molecule has 0 fully saturated rings. The quantitative estimate of drug-likeness (QED) is 0.596. The Morgan fingerprint density at radius 3 is 2.07 bits per heavy atom. The molecule has 156 valence electrons. The maximum Gasteiger partial charge on any atom is 0.237 e. The van der Waals surface area contributed by atoms with Crippen LogP contribution in [0.5, 0.6) is 5.75 Å². The van der Waals surface area contributed by atoms with Crippen molar-refractivity contribution in [2.24, 2.45) is 0 Å². The number of carbonyl (C=O) groups is 1. The summed E-state index contributed by atoms with van der Waals surface area (Å²) in [4.78, 5) is 14.9. The van der Waals surface area contributed by atoms with E-state index < -0.39 is 11.9 Å². The van der Waals surface area contributed by atoms with Crippen LogP contribution in [-0.2, 0) is 11.3 Å². The lowest BCUT2D eigenvalue weighted by Gasteiger charge is -2.27. The molecule has 0 aliphatic carbocycles. The van der Waals surface area contributed by atoms with E-state index >= 15 is 0 Å². The van der Waals surface area contributed by atoms with E-state index in [1.807, 2.05) is 79.5 Å². The summed E-state index contributed by atoms with van der Waals surface area (Å²) in [6.45, 7) is 2.29. The summed E-state index contributed by atoms with van der Waals surface area (Å²) in [5.74, 6) is -0.293. The average Bonchev–Trinajstić information content (AvgIpc) is 2.78. The Balaban J connectivity index is 1.72. The lowest BCUT2D eigenvalue weighted by atomic mass is 9.98. The standard InChI is InChI=1S/C25H27FN2O2/c1-18(28(2)17-19-14-15-23(30-3)22(26)16-19)25(29)27-24(20-10-6-4-7-11-20)21-12-8-5-9-13-21/h4-16,18,24H,17H2,1-3H3,(H,27,29). The van der Waals surface area contributed by atoms with Crippen molar-refractivity contribution >= 4 is 5.91 Å². The molecule has 3 rings (SSSR count). The molecule has 0 aromatic heterocycles. The Labute approximate surface area is 177 Å². The number of nitrogens with zero attached hydrogens (tertiary/aromatic N) is 1. The van der Waals surface area contributed by atoms with Crippen LogP contribution in [0.4, 0.5) is 4.39 Å². The fourth-order valence-corrected chi connectivity index (χ4v) is 3.35. The van der Waals surface area contributed by atoms with E-state index in [4.69, 9.17) is 4.74 Å². The molecule has 30 heavy (non-hydrogen) atoms. The lowest BCUT2D eigenvalue weighted by molar-refractivity contribution is -0.126. The van der Waals surface area contributed by atoms with Crippen molar-refractivity contribution in [1.29, 1.82) is 0 Å². The van der Waals surface area contributed by atoms with Crippen LogP contribution in [0.25, 0.3) is 0 Å². The summed E-state index contributed by atoms with van der Waals surface area (Å²) in [7, 11) is 3.29. The molecule has 0 bridgehead atoms. The van der Waals surface area contributed by atoms with Gasteiger partial charge < -0.3 is 10.1 Å². The number of methoxy groups -OCH3 is 1. The fourth-order valence-electron chi connectivity index (χ4n) is 3.35. The topological polar surface area (TPSA) is 41.6 Å². The average molecular weight is 407 g/mol. The van der Waals surface area contributed by atoms with Gasteiger partial charge in [0.2, 0.25) is 5.91 Å². The summed E-state index contributed by atoms with van der Waals surface area (Å²) in [6, 6.07) is 24.0. The molecule has 0 heterocycles. The van der Waals surface area contributed by atoms with Gasteiger partial charge in [0.1, 0.15) is 0 Å². The van der Waals surface area contributed by atoms with Crippen LogP contribution in [0.3, 0.4) is 0 Å². The van der Waals surface area contributed by atoms with Crippen LogP contribution < -0.4 is 10.1 Å². The van der Waals surface area contributed by atoms with Gasteiger partial charge in [-0.05, 0) is 42.8 Å². The molecule has 3 aromatic carbocycles. The number of hydrogen-bond donors (Lipinski definition) is 1. The van der Waals surface area contributed by atoms with Crippen molar-refractivity contribution in [3.05, 3.63) is 101 Å². The first-order valence-electron chi connectivity index (χ1n) is 9.92. The molecule has 0 aliphatic rings. The number of benzene rings is 3. The number of rotatable bonds is 8. The monoisotopic (exact) mass is 406 g/mol. The maximum atomic E-state index is 14.0. The highest BCUT2D eigenvalue weighted by molar-refractivity contribution is 5.82. The minimum absolute atomic E-state index is 0.0933. The third kappa shape index (κ3) is 5.24. The molecule has 0 saturated heterocycles. The normalized spacial score (nSPS) is 12.1. The van der Waals surface area contributed by atoms with Crippen LogP contribution >= 0.6 is 0 Å². The number of halogens is 1. The van der Waals surface area contributed by atoms with Gasteiger partial charge in [0.15, 0.2) is 11.6 Å². The van der Waals surface area contributed by atoms with Gasteiger partial charge in [0.05, 0.1) is 19.2 Å². The van der Waals surface area contributed by atoms with E-state index in [2.05, 4.69) is 5.32 Å². The Hall–Kier alpha value is -3.18. The summed E-state index contributed by atoms with van der Waals surface area (Å²) in [5.41, 5.74) is 2.81. The van der Waals surface area contributed by atoms with Crippen LogP contribution in [0.2, 0.25) is 0 Å². The van der Waals surface area contributed by atoms with Crippen molar-refractivity contribution in [3.63, 3.8) is 0 Å². The van der Waals surface area contributed by atoms with Gasteiger partial charge in [0.25, 0.3) is 0 Å². The molecular weight excluding hydrogens is 379 g/mol. The van der Waals surface area contributed by atoms with Gasteiger partial charge in [-0.25, -0.2) is 4.39 Å². The predicted octanol–water partition coefficient (Wildman–Crippen LogP) is 4.56. The molecule has 0 saturated carbocycles. The minimum Gasteiger partial charge on any atom is -0.494 e. The lowest BCUT2D eigenvalue weighted by Crippen LogP contribution is -2.44. The highest BCUT2D eigenvalue weighted by Crippen LogP contribution is 2.23. The number of ether oxygens (including phenoxy) is 1. The molecular formula is C25H27FN2O2. The molecule has 1 unspecified atom stereocenters. The van der Waals surface area contributed by atoms with Crippen molar-refractivity contribution in [2.75, 3.05) is 14.2 Å². The Morgan fingerprint density at radius 2 is 1.57 bits per heavy atom. The highest BCUT2D eigenvalue weighted by Gasteiger charge is 2.23. The number of nitrogens with one attached hydrogen (secondary N) is 1. The Kier molecular flexibility index (Phi) is 7.20. The summed E-state index contributed by atoms with van der Waals surface area (Å²) in [5, 5.41) is 3.17. The van der Waals surface area contributed by atoms with Gasteiger partial charge in [-0.2, -0.15) is 0 Å². The van der Waals surface area contributed by atoms with Crippen LogP contribution in [0, 0.1) is 5.82 Å². The van der Waals surface area contributed by atoms with Gasteiger partial charge in [-0.3, -0.25) is 9.69 Å². The van der Waals surface area contributed by atoms with Crippen LogP contribution in [0.15, 0.2) is 78.9 Å². The van der Waals surface area contributed by atoms with Crippen molar-refractivity contribution in [1.82, 2.24) is 10.2 Å². The van der Waals surface area contributed by atoms with E-state index in [-0.39, 0.29) is 17.7 Å². The van der Waals surface area contributed by atoms with Crippen molar-refractivity contribution in [2.45, 2.75) is 25.6 Å². The zero-order chi connectivity index (χ0) is 21.5. The second kappa shape index (κ2) is 10.0. The molecule has 5 heteroatoms. The number of likely N-dealkylation sites (N-methyl/N-ethyl adjacent to an activating group) is 1. The van der Waals surface area contributed by atoms with Gasteiger partial charge in [-0.1, -0.05) is 66.7 Å². The van der Waals surface area contributed by atoms with Gasteiger partial charge in [-0.15, -0.1) is 0 Å². The third-order valence-electron chi connectivity index (χ3n) is 5.24. The molecule has 0 aliphatic heterocycles. The van der Waals surface area contributed by atoms with Crippen LogP contribution in [-0.4, -0.2) is 31.0 Å². The minimum atomic E-state index is -0.409. The van der Waals surface area contributed by atoms with Crippen molar-refractivity contribution < 1.29 is 13.9 Å². The molecule has 0 spiro atoms. The molecule has 1 amide bonds. The first kappa shape index (κ1) is 21.5.